The van der Waals surface area contributed by atoms with Gasteiger partial charge in [-0.05, 0) is 50.1 Å². The lowest BCUT2D eigenvalue weighted by molar-refractivity contribution is 0.417. The van der Waals surface area contributed by atoms with Crippen molar-refractivity contribution in [1.82, 2.24) is 9.97 Å². The van der Waals surface area contributed by atoms with Crippen LogP contribution in [0.5, 0.6) is 5.75 Å². The zero-order chi connectivity index (χ0) is 20.7. The lowest BCUT2D eigenvalue weighted by Gasteiger charge is -2.14. The lowest BCUT2D eigenvalue weighted by atomic mass is 9.96. The van der Waals surface area contributed by atoms with E-state index < -0.39 is 0 Å². The summed E-state index contributed by atoms with van der Waals surface area (Å²) in [4.78, 5) is 20.2. The summed E-state index contributed by atoms with van der Waals surface area (Å²) in [7, 11) is 1.65. The summed E-state index contributed by atoms with van der Waals surface area (Å²) in [5.74, 6) is 0.750. The Morgan fingerprint density at radius 1 is 0.966 bits per heavy atom. The number of pyridine rings is 2. The molecule has 5 heteroatoms. The number of H-pyrrole nitrogens is 1. The number of aryl methyl sites for hydroxylation is 3. The Morgan fingerprint density at radius 2 is 1.69 bits per heavy atom. The van der Waals surface area contributed by atoms with Crippen molar-refractivity contribution in [2.75, 3.05) is 7.11 Å². The molecule has 4 aromatic rings. The standard InChI is InChI=1S/C24H21ClN2O2/c1-13-5-7-16(8-6-13)17-10-20-22(26-12-17)18(9-14(2)23(20)29-4)19-11-21(25)15(3)27-24(19)28/h5-12H,1-4H3,(H,27,28). The maximum absolute atomic E-state index is 12.6. The Morgan fingerprint density at radius 3 is 2.38 bits per heavy atom. The van der Waals surface area contributed by atoms with Crippen LogP contribution in [-0.4, -0.2) is 17.1 Å². The molecule has 1 N–H and O–H groups in total. The largest absolute Gasteiger partial charge is 0.496 e. The molecule has 0 radical (unpaired) electrons. The van der Waals surface area contributed by atoms with Crippen LogP contribution in [-0.2, 0) is 0 Å². The fourth-order valence-corrected chi connectivity index (χ4v) is 3.75. The number of hydrogen-bond donors (Lipinski definition) is 1. The van der Waals surface area contributed by atoms with E-state index in [0.717, 1.165) is 33.4 Å². The first kappa shape index (κ1) is 19.2. The van der Waals surface area contributed by atoms with Crippen molar-refractivity contribution in [3.8, 4) is 28.0 Å². The summed E-state index contributed by atoms with van der Waals surface area (Å²) < 4.78 is 5.68. The highest BCUT2D eigenvalue weighted by Gasteiger charge is 2.17. The van der Waals surface area contributed by atoms with Crippen molar-refractivity contribution in [3.63, 3.8) is 0 Å². The van der Waals surface area contributed by atoms with E-state index in [2.05, 4.69) is 42.2 Å². The number of fused-ring (bicyclic) bond motifs is 1. The van der Waals surface area contributed by atoms with E-state index in [1.165, 1.54) is 5.56 Å². The van der Waals surface area contributed by atoms with Crippen LogP contribution in [0, 0.1) is 20.8 Å². The molecule has 2 aromatic carbocycles. The molecule has 0 saturated carbocycles. The average Bonchev–Trinajstić information content (AvgIpc) is 2.70. The minimum absolute atomic E-state index is 0.192. The highest BCUT2D eigenvalue weighted by atomic mass is 35.5. The van der Waals surface area contributed by atoms with Gasteiger partial charge in [0.25, 0.3) is 5.56 Å². The number of halogens is 1. The fraction of sp³-hybridized carbons (Fsp3) is 0.167. The number of aromatic amines is 1. The van der Waals surface area contributed by atoms with Crippen LogP contribution in [0.1, 0.15) is 16.8 Å². The third-order valence-corrected chi connectivity index (χ3v) is 5.55. The molecule has 146 valence electrons. The molecule has 0 aliphatic heterocycles. The molecule has 4 nitrogen and oxygen atoms in total. The highest BCUT2D eigenvalue weighted by molar-refractivity contribution is 6.31. The summed E-state index contributed by atoms with van der Waals surface area (Å²) in [6.45, 7) is 5.80. The fourth-order valence-electron chi connectivity index (χ4n) is 3.59. The van der Waals surface area contributed by atoms with Crippen molar-refractivity contribution < 1.29 is 4.74 Å². The van der Waals surface area contributed by atoms with Gasteiger partial charge in [0.2, 0.25) is 0 Å². The number of rotatable bonds is 3. The molecule has 0 bridgehead atoms. The minimum atomic E-state index is -0.192. The average molecular weight is 405 g/mol. The molecule has 29 heavy (non-hydrogen) atoms. The van der Waals surface area contributed by atoms with Gasteiger partial charge in [0.15, 0.2) is 0 Å². The van der Waals surface area contributed by atoms with E-state index in [0.29, 0.717) is 21.8 Å². The van der Waals surface area contributed by atoms with Crippen LogP contribution in [0.4, 0.5) is 0 Å². The van der Waals surface area contributed by atoms with Crippen molar-refractivity contribution in [2.24, 2.45) is 0 Å². The Balaban J connectivity index is 2.02. The van der Waals surface area contributed by atoms with Crippen LogP contribution in [0.15, 0.2) is 53.5 Å². The molecule has 0 spiro atoms. The molecular formula is C24H21ClN2O2. The molecule has 0 fully saturated rings. The number of aromatic nitrogens is 2. The van der Waals surface area contributed by atoms with Crippen LogP contribution in [0.3, 0.4) is 0 Å². The maximum Gasteiger partial charge on any atom is 0.256 e. The summed E-state index contributed by atoms with van der Waals surface area (Å²) in [6.07, 6.45) is 1.83. The first-order valence-electron chi connectivity index (χ1n) is 9.33. The number of methoxy groups -OCH3 is 1. The van der Waals surface area contributed by atoms with Gasteiger partial charge in [-0.1, -0.05) is 41.4 Å². The Bertz CT molecular complexity index is 1290. The first-order valence-corrected chi connectivity index (χ1v) is 9.71. The Kier molecular flexibility index (Phi) is 4.89. The predicted octanol–water partition coefficient (Wildman–Crippen LogP) is 5.84. The van der Waals surface area contributed by atoms with Crippen LogP contribution >= 0.6 is 11.6 Å². The van der Waals surface area contributed by atoms with Gasteiger partial charge >= 0.3 is 0 Å². The van der Waals surface area contributed by atoms with E-state index in [-0.39, 0.29) is 5.56 Å². The molecule has 2 heterocycles. The van der Waals surface area contributed by atoms with Gasteiger partial charge in [0, 0.05) is 28.4 Å². The minimum Gasteiger partial charge on any atom is -0.496 e. The van der Waals surface area contributed by atoms with Gasteiger partial charge in [-0.3, -0.25) is 9.78 Å². The second-order valence-corrected chi connectivity index (χ2v) is 7.65. The van der Waals surface area contributed by atoms with E-state index in [1.54, 1.807) is 20.1 Å². The van der Waals surface area contributed by atoms with Crippen molar-refractivity contribution in [1.29, 1.82) is 0 Å². The molecule has 2 aromatic heterocycles. The normalized spacial score (nSPS) is 11.1. The van der Waals surface area contributed by atoms with Crippen LogP contribution in [0.25, 0.3) is 33.2 Å². The number of hydrogen-bond acceptors (Lipinski definition) is 3. The number of nitrogens with zero attached hydrogens (tertiary/aromatic N) is 1. The van der Waals surface area contributed by atoms with Crippen LogP contribution in [0.2, 0.25) is 5.02 Å². The molecule has 0 unspecified atom stereocenters. The topological polar surface area (TPSA) is 55.0 Å². The molecule has 4 rings (SSSR count). The van der Waals surface area contributed by atoms with E-state index >= 15 is 0 Å². The number of ether oxygens (including phenoxy) is 1. The van der Waals surface area contributed by atoms with E-state index in [1.807, 2.05) is 19.2 Å². The van der Waals surface area contributed by atoms with Gasteiger partial charge in [0.05, 0.1) is 23.2 Å². The SMILES string of the molecule is COc1c(C)cc(-c2cc(Cl)c(C)[nH]c2=O)c2ncc(-c3ccc(C)cc3)cc12. The Hall–Kier alpha value is -3.11. The van der Waals surface area contributed by atoms with Crippen molar-refractivity contribution in [3.05, 3.63) is 80.9 Å². The zero-order valence-corrected chi connectivity index (χ0v) is 17.5. The summed E-state index contributed by atoms with van der Waals surface area (Å²) in [5.41, 5.74) is 6.57. The first-order chi connectivity index (χ1) is 13.9. The van der Waals surface area contributed by atoms with Gasteiger partial charge in [-0.15, -0.1) is 0 Å². The van der Waals surface area contributed by atoms with Crippen molar-refractivity contribution >= 4 is 22.5 Å². The van der Waals surface area contributed by atoms with Crippen molar-refractivity contribution in [2.45, 2.75) is 20.8 Å². The number of nitrogens with one attached hydrogen (secondary N) is 1. The lowest BCUT2D eigenvalue weighted by Crippen LogP contribution is -2.11. The molecule has 0 saturated heterocycles. The number of benzene rings is 2. The second kappa shape index (κ2) is 7.37. The third kappa shape index (κ3) is 3.40. The molecule has 0 amide bonds. The summed E-state index contributed by atoms with van der Waals surface area (Å²) >= 11 is 6.29. The smallest absolute Gasteiger partial charge is 0.256 e. The monoisotopic (exact) mass is 404 g/mol. The molecular weight excluding hydrogens is 384 g/mol. The second-order valence-electron chi connectivity index (χ2n) is 7.25. The van der Waals surface area contributed by atoms with Gasteiger partial charge in [0.1, 0.15) is 5.75 Å². The Labute approximate surface area is 174 Å². The molecule has 0 aliphatic carbocycles. The third-order valence-electron chi connectivity index (χ3n) is 5.16. The quantitative estimate of drug-likeness (QED) is 0.466. The van der Waals surface area contributed by atoms with Gasteiger partial charge in [-0.25, -0.2) is 0 Å². The highest BCUT2D eigenvalue weighted by Crippen LogP contribution is 2.37. The van der Waals surface area contributed by atoms with Gasteiger partial charge in [-0.2, -0.15) is 0 Å². The van der Waals surface area contributed by atoms with Crippen LogP contribution < -0.4 is 10.3 Å². The van der Waals surface area contributed by atoms with Gasteiger partial charge < -0.3 is 9.72 Å². The summed E-state index contributed by atoms with van der Waals surface area (Å²) in [5, 5.41) is 1.37. The van der Waals surface area contributed by atoms with E-state index in [4.69, 9.17) is 21.3 Å². The zero-order valence-electron chi connectivity index (χ0n) is 16.8. The predicted molar refractivity (Wildman–Crippen MR) is 119 cm³/mol. The maximum atomic E-state index is 12.6. The molecule has 0 aliphatic rings. The summed E-state index contributed by atoms with van der Waals surface area (Å²) in [6, 6.07) is 14.0. The van der Waals surface area contributed by atoms with E-state index in [9.17, 15) is 4.79 Å². The molecule has 0 atom stereocenters.